The maximum absolute atomic E-state index is 13.9. The highest BCUT2D eigenvalue weighted by atomic mass is 16.7. The first kappa shape index (κ1) is 29.7. The van der Waals surface area contributed by atoms with Gasteiger partial charge in [0.1, 0.15) is 29.5 Å². The minimum absolute atomic E-state index is 0.00269. The maximum atomic E-state index is 13.9. The average Bonchev–Trinajstić information content (AvgIpc) is 2.92. The minimum atomic E-state index is -1.33. The predicted octanol–water partition coefficient (Wildman–Crippen LogP) is 1.27. The largest absolute Gasteiger partial charge is 0.507 e. The number of carbonyl (C=O) groups is 2. The van der Waals surface area contributed by atoms with Gasteiger partial charge in [-0.2, -0.15) is 0 Å². The number of phenolic OH excluding ortho intramolecular Hbond substituents is 2. The first-order chi connectivity index (χ1) is 20.3. The zero-order chi connectivity index (χ0) is 30.9. The molecule has 2 heterocycles. The molecule has 0 radical (unpaired) electrons. The molecule has 0 unspecified atom stereocenters. The summed E-state index contributed by atoms with van der Waals surface area (Å²) < 4.78 is 23.4. The molecule has 2 fully saturated rings. The van der Waals surface area contributed by atoms with Crippen molar-refractivity contribution in [1.29, 1.82) is 0 Å². The summed E-state index contributed by atoms with van der Waals surface area (Å²) in [5.41, 5.74) is 0.447. The van der Waals surface area contributed by atoms with Crippen molar-refractivity contribution in [3.63, 3.8) is 0 Å². The van der Waals surface area contributed by atoms with E-state index in [0.29, 0.717) is 5.56 Å². The number of hydrogen-bond donors (Lipinski definition) is 6. The summed E-state index contributed by atoms with van der Waals surface area (Å²) in [5.74, 6) is -2.24. The molecule has 0 aromatic heterocycles. The highest BCUT2D eigenvalue weighted by molar-refractivity contribution is 6.42. The van der Waals surface area contributed by atoms with Gasteiger partial charge in [-0.25, -0.2) is 0 Å². The Bertz CT molecular complexity index is 1490. The predicted molar refractivity (Wildman–Crippen MR) is 148 cm³/mol. The maximum Gasteiger partial charge on any atom is 0.202 e. The first-order valence-corrected chi connectivity index (χ1v) is 14.2. The number of aromatic hydroxyl groups is 2. The summed E-state index contributed by atoms with van der Waals surface area (Å²) in [6.07, 6.45) is -8.90. The lowest BCUT2D eigenvalue weighted by atomic mass is 9.72. The summed E-state index contributed by atoms with van der Waals surface area (Å²) in [4.78, 5) is 27.7. The van der Waals surface area contributed by atoms with E-state index in [1.54, 1.807) is 26.8 Å². The van der Waals surface area contributed by atoms with Gasteiger partial charge in [-0.15, -0.1) is 0 Å². The van der Waals surface area contributed by atoms with Crippen molar-refractivity contribution < 1.29 is 59.2 Å². The molecular formula is C31H34O12. The molecule has 0 bridgehead atoms. The number of aliphatic hydroxyl groups excluding tert-OH is 4. The van der Waals surface area contributed by atoms with Gasteiger partial charge in [0, 0.05) is 36.0 Å². The molecule has 6 N–H and O–H groups in total. The highest BCUT2D eigenvalue weighted by Gasteiger charge is 2.46. The molecule has 2 aliphatic carbocycles. The molecule has 4 aliphatic rings. The van der Waals surface area contributed by atoms with Gasteiger partial charge in [-0.3, -0.25) is 9.59 Å². The summed E-state index contributed by atoms with van der Waals surface area (Å²) in [5, 5.41) is 63.3. The smallest absolute Gasteiger partial charge is 0.202 e. The Hall–Kier alpha value is -3.36. The van der Waals surface area contributed by atoms with Gasteiger partial charge in [0.05, 0.1) is 41.6 Å². The third-order valence-corrected chi connectivity index (χ3v) is 8.57. The van der Waals surface area contributed by atoms with Gasteiger partial charge in [0.2, 0.25) is 6.29 Å². The van der Waals surface area contributed by atoms with E-state index in [-0.39, 0.29) is 58.6 Å². The monoisotopic (exact) mass is 598 g/mol. The molecule has 2 saturated heterocycles. The molecule has 0 amide bonds. The zero-order valence-electron chi connectivity index (χ0n) is 23.8. The molecule has 230 valence electrons. The lowest BCUT2D eigenvalue weighted by Gasteiger charge is -2.42. The number of phenols is 2. The van der Waals surface area contributed by atoms with Crippen LogP contribution < -0.4 is 4.74 Å². The van der Waals surface area contributed by atoms with Crippen molar-refractivity contribution >= 4 is 17.1 Å². The molecule has 0 saturated carbocycles. The second-order valence-corrected chi connectivity index (χ2v) is 11.7. The van der Waals surface area contributed by atoms with Gasteiger partial charge in [0.25, 0.3) is 0 Å². The number of rotatable bonds is 4. The van der Waals surface area contributed by atoms with E-state index in [4.69, 9.17) is 18.9 Å². The number of fused-ring (bicyclic) bond motifs is 3. The Labute approximate surface area is 246 Å². The lowest BCUT2D eigenvalue weighted by molar-refractivity contribution is -0.303. The van der Waals surface area contributed by atoms with Crippen molar-refractivity contribution in [2.75, 3.05) is 0 Å². The van der Waals surface area contributed by atoms with Crippen molar-refractivity contribution in [3.05, 3.63) is 57.7 Å². The van der Waals surface area contributed by atoms with Crippen LogP contribution in [0.5, 0.6) is 17.2 Å². The van der Waals surface area contributed by atoms with Crippen LogP contribution in [0.2, 0.25) is 0 Å². The second kappa shape index (κ2) is 11.0. The number of aryl methyl sites for hydroxylation is 1. The number of benzene rings is 2. The van der Waals surface area contributed by atoms with E-state index in [2.05, 4.69) is 0 Å². The summed E-state index contributed by atoms with van der Waals surface area (Å²) in [6, 6.07) is 5.70. The van der Waals surface area contributed by atoms with Gasteiger partial charge in [0.15, 0.2) is 17.9 Å². The van der Waals surface area contributed by atoms with Crippen LogP contribution in [-0.2, 0) is 20.6 Å². The molecule has 0 spiro atoms. The van der Waals surface area contributed by atoms with Crippen LogP contribution in [0.25, 0.3) is 5.57 Å². The Balaban J connectivity index is 1.26. The molecule has 6 rings (SSSR count). The molecule has 2 aromatic carbocycles. The van der Waals surface area contributed by atoms with Crippen LogP contribution in [0, 0.1) is 6.92 Å². The number of allylic oxidation sites excluding steroid dienone is 1. The molecule has 12 nitrogen and oxygen atoms in total. The van der Waals surface area contributed by atoms with Crippen LogP contribution in [0.1, 0.15) is 64.1 Å². The number of carbonyl (C=O) groups excluding carboxylic acids is 2. The van der Waals surface area contributed by atoms with Gasteiger partial charge in [-0.05, 0) is 50.1 Å². The fourth-order valence-electron chi connectivity index (χ4n) is 6.51. The highest BCUT2D eigenvalue weighted by Crippen LogP contribution is 2.47. The third-order valence-electron chi connectivity index (χ3n) is 8.57. The van der Waals surface area contributed by atoms with E-state index in [1.807, 2.05) is 0 Å². The van der Waals surface area contributed by atoms with Crippen LogP contribution in [-0.4, -0.2) is 97.5 Å². The topological polar surface area (TPSA) is 192 Å². The molecule has 43 heavy (non-hydrogen) atoms. The Morgan fingerprint density at radius 2 is 1.51 bits per heavy atom. The van der Waals surface area contributed by atoms with E-state index < -0.39 is 72.6 Å². The summed E-state index contributed by atoms with van der Waals surface area (Å²) >= 11 is 0. The normalized spacial score (nSPS) is 34.0. The molecule has 9 atom stereocenters. The standard InChI is InChI=1S/C31H34O12/c1-11-6-14-8-17(34)25-27(23(14)16(33)7-11)30(39)24-15(32)4-5-20(26(24)29(25)38)42-21-10-19(36)31(13(3)41-21)43-22-9-18(35)28(37)12(2)40-22/h4-7,12-13,17-19,21-22,28,31-37H,8-10H2,1-3H3/t12-,13-,17-,18-,19-,21+,22+,28-,31-/m1/s1. The van der Waals surface area contributed by atoms with Gasteiger partial charge in [-0.1, -0.05) is 6.07 Å². The quantitative estimate of drug-likeness (QED) is 0.296. The third kappa shape index (κ3) is 5.02. The number of ketones is 2. The van der Waals surface area contributed by atoms with E-state index in [1.165, 1.54) is 18.2 Å². The summed E-state index contributed by atoms with van der Waals surface area (Å²) in [6.45, 7) is 5.00. The molecule has 12 heteroatoms. The number of aliphatic hydroxyl groups is 4. The first-order valence-electron chi connectivity index (χ1n) is 14.2. The van der Waals surface area contributed by atoms with Crippen LogP contribution in [0.4, 0.5) is 0 Å². The van der Waals surface area contributed by atoms with Crippen LogP contribution in [0.15, 0.2) is 29.8 Å². The van der Waals surface area contributed by atoms with E-state index >= 15 is 0 Å². The van der Waals surface area contributed by atoms with Crippen molar-refractivity contribution in [3.8, 4) is 17.2 Å². The van der Waals surface area contributed by atoms with Crippen molar-refractivity contribution in [1.82, 2.24) is 0 Å². The fourth-order valence-corrected chi connectivity index (χ4v) is 6.51. The fraction of sp³-hybridized carbons (Fsp3) is 0.484. The Morgan fingerprint density at radius 1 is 0.814 bits per heavy atom. The van der Waals surface area contributed by atoms with Crippen molar-refractivity contribution in [2.45, 2.75) is 95.3 Å². The minimum Gasteiger partial charge on any atom is -0.507 e. The SMILES string of the molecule is Cc1cc(O)c2c(c1)C[C@@H](O)C1=C2C(=O)c2c(O)ccc(O[C@H]3C[C@@H](O)[C@H](O[C@H]4C[C@@H](O)[C@H](O)[C@@H](C)O4)[C@@H](C)O3)c2C1=O. The van der Waals surface area contributed by atoms with Crippen LogP contribution in [0.3, 0.4) is 0 Å². The summed E-state index contributed by atoms with van der Waals surface area (Å²) in [7, 11) is 0. The number of ether oxygens (including phenoxy) is 4. The van der Waals surface area contributed by atoms with Gasteiger partial charge < -0.3 is 49.6 Å². The van der Waals surface area contributed by atoms with E-state index in [0.717, 1.165) is 5.56 Å². The lowest BCUT2D eigenvalue weighted by Crippen LogP contribution is -2.54. The second-order valence-electron chi connectivity index (χ2n) is 11.7. The zero-order valence-corrected chi connectivity index (χ0v) is 23.8. The molecular weight excluding hydrogens is 564 g/mol. The number of Topliss-reactive ketones (excluding diaryl/α,β-unsaturated/α-hetero) is 2. The number of hydrogen-bond acceptors (Lipinski definition) is 12. The van der Waals surface area contributed by atoms with Crippen LogP contribution >= 0.6 is 0 Å². The average molecular weight is 599 g/mol. The Kier molecular flexibility index (Phi) is 7.58. The Morgan fingerprint density at radius 3 is 2.21 bits per heavy atom. The van der Waals surface area contributed by atoms with E-state index in [9.17, 15) is 40.2 Å². The molecule has 2 aromatic rings. The van der Waals surface area contributed by atoms with Gasteiger partial charge >= 0.3 is 0 Å². The van der Waals surface area contributed by atoms with Crippen molar-refractivity contribution in [2.24, 2.45) is 0 Å². The molecule has 2 aliphatic heterocycles.